The first-order chi connectivity index (χ1) is 12.5. The topological polar surface area (TPSA) is 65.3 Å². The number of carbonyl (C=O) groups excluding carboxylic acids is 2. The van der Waals surface area contributed by atoms with Crippen molar-refractivity contribution in [1.82, 2.24) is 5.01 Å². The quantitative estimate of drug-likeness (QED) is 0.801. The number of nitrogens with zero attached hydrogens (tertiary/aromatic N) is 4. The molecule has 2 aliphatic rings. The molecule has 2 aromatic carbocycles. The van der Waals surface area contributed by atoms with Gasteiger partial charge >= 0.3 is 0 Å². The largest absolute Gasteiger partial charge is 0.271 e. The molecule has 1 fully saturated rings. The summed E-state index contributed by atoms with van der Waals surface area (Å²) in [5.41, 5.74) is 5.01. The second-order valence-electron chi connectivity index (χ2n) is 6.97. The fourth-order valence-electron chi connectivity index (χ4n) is 3.45. The molecule has 6 nitrogen and oxygen atoms in total. The van der Waals surface area contributed by atoms with E-state index in [1.807, 2.05) is 32.9 Å². The predicted octanol–water partition coefficient (Wildman–Crippen LogP) is 3.11. The van der Waals surface area contributed by atoms with Gasteiger partial charge in [-0.2, -0.15) is 5.11 Å². The highest BCUT2D eigenvalue weighted by atomic mass is 16.2. The number of anilines is 1. The Morgan fingerprint density at radius 1 is 0.923 bits per heavy atom. The van der Waals surface area contributed by atoms with Gasteiger partial charge in [-0.15, -0.1) is 0 Å². The summed E-state index contributed by atoms with van der Waals surface area (Å²) in [7, 11) is 0. The normalized spacial score (nSPS) is 21.7. The van der Waals surface area contributed by atoms with Gasteiger partial charge in [-0.1, -0.05) is 46.7 Å². The van der Waals surface area contributed by atoms with Crippen molar-refractivity contribution < 1.29 is 9.59 Å². The lowest BCUT2D eigenvalue weighted by atomic mass is 10.0. The maximum absolute atomic E-state index is 13.0. The summed E-state index contributed by atoms with van der Waals surface area (Å²) in [5.74, 6) is -0.574. The molecule has 1 saturated heterocycles. The molecule has 0 spiro atoms. The molecule has 2 atom stereocenters. The van der Waals surface area contributed by atoms with Crippen LogP contribution in [-0.4, -0.2) is 28.9 Å². The van der Waals surface area contributed by atoms with E-state index in [4.69, 9.17) is 0 Å². The van der Waals surface area contributed by atoms with E-state index < -0.39 is 12.1 Å². The molecular weight excluding hydrogens is 328 g/mol. The van der Waals surface area contributed by atoms with Gasteiger partial charge in [0.1, 0.15) is 0 Å². The lowest BCUT2D eigenvalue weighted by Gasteiger charge is -2.21. The van der Waals surface area contributed by atoms with Crippen molar-refractivity contribution in [3.8, 4) is 0 Å². The minimum Gasteiger partial charge on any atom is -0.271 e. The number of hydrogen-bond donors (Lipinski definition) is 0. The van der Waals surface area contributed by atoms with Crippen molar-refractivity contribution in [1.29, 1.82) is 0 Å². The first-order valence-corrected chi connectivity index (χ1v) is 8.64. The van der Waals surface area contributed by atoms with Gasteiger partial charge in [0.2, 0.25) is 0 Å². The Hall–Kier alpha value is -3.02. The Morgan fingerprint density at radius 2 is 1.62 bits per heavy atom. The molecule has 4 rings (SSSR count). The zero-order chi connectivity index (χ0) is 18.4. The molecule has 0 saturated carbocycles. The van der Waals surface area contributed by atoms with Crippen LogP contribution in [0.15, 0.2) is 52.8 Å². The fourth-order valence-corrected chi connectivity index (χ4v) is 3.45. The van der Waals surface area contributed by atoms with Gasteiger partial charge in [0, 0.05) is 0 Å². The maximum atomic E-state index is 13.0. The van der Waals surface area contributed by atoms with Gasteiger partial charge in [0.15, 0.2) is 12.1 Å². The van der Waals surface area contributed by atoms with E-state index >= 15 is 0 Å². The summed E-state index contributed by atoms with van der Waals surface area (Å²) < 4.78 is 0. The van der Waals surface area contributed by atoms with Crippen LogP contribution in [0.5, 0.6) is 0 Å². The number of rotatable bonds is 3. The molecule has 0 radical (unpaired) electrons. The van der Waals surface area contributed by atoms with E-state index in [0.29, 0.717) is 12.2 Å². The molecule has 0 bridgehead atoms. The van der Waals surface area contributed by atoms with Crippen LogP contribution in [0.3, 0.4) is 0 Å². The van der Waals surface area contributed by atoms with Gasteiger partial charge < -0.3 is 0 Å². The summed E-state index contributed by atoms with van der Waals surface area (Å²) in [6.07, 6.45) is 0. The SMILES string of the molecule is Cc1ccc(N2C(=O)[C@@H]3[C@@H](N=NN3Cc3cc(C)ccc3C)C2=O)cc1. The highest BCUT2D eigenvalue weighted by Crippen LogP contribution is 2.33. The minimum atomic E-state index is -0.756. The van der Waals surface area contributed by atoms with Crippen molar-refractivity contribution in [2.75, 3.05) is 4.90 Å². The van der Waals surface area contributed by atoms with Crippen molar-refractivity contribution in [2.24, 2.45) is 10.3 Å². The maximum Gasteiger partial charge on any atom is 0.263 e. The summed E-state index contributed by atoms with van der Waals surface area (Å²) in [5, 5.41) is 9.85. The van der Waals surface area contributed by atoms with Crippen LogP contribution in [0.2, 0.25) is 0 Å². The van der Waals surface area contributed by atoms with Gasteiger partial charge in [-0.05, 0) is 44.0 Å². The van der Waals surface area contributed by atoms with Crippen LogP contribution in [0.1, 0.15) is 22.3 Å². The Kier molecular flexibility index (Phi) is 3.83. The fraction of sp³-hybridized carbons (Fsp3) is 0.300. The summed E-state index contributed by atoms with van der Waals surface area (Å²) in [6.45, 7) is 6.48. The van der Waals surface area contributed by atoms with Crippen LogP contribution in [0.4, 0.5) is 5.69 Å². The van der Waals surface area contributed by atoms with E-state index in [1.165, 1.54) is 4.90 Å². The molecule has 0 aliphatic carbocycles. The second kappa shape index (κ2) is 6.05. The van der Waals surface area contributed by atoms with E-state index in [9.17, 15) is 9.59 Å². The number of carbonyl (C=O) groups is 2. The summed E-state index contributed by atoms with van der Waals surface area (Å²) >= 11 is 0. The van der Waals surface area contributed by atoms with E-state index in [-0.39, 0.29) is 11.8 Å². The number of fused-ring (bicyclic) bond motifs is 1. The van der Waals surface area contributed by atoms with Gasteiger partial charge in [0.25, 0.3) is 11.8 Å². The Morgan fingerprint density at radius 3 is 2.35 bits per heavy atom. The molecule has 2 aromatic rings. The second-order valence-corrected chi connectivity index (χ2v) is 6.97. The predicted molar refractivity (Wildman–Crippen MR) is 97.6 cm³/mol. The molecule has 6 heteroatoms. The van der Waals surface area contributed by atoms with Gasteiger partial charge in [-0.25, -0.2) is 4.90 Å². The average molecular weight is 348 g/mol. The minimum absolute atomic E-state index is 0.265. The molecule has 0 N–H and O–H groups in total. The summed E-state index contributed by atoms with van der Waals surface area (Å²) in [6, 6.07) is 12.1. The van der Waals surface area contributed by atoms with Gasteiger partial charge in [-0.3, -0.25) is 14.6 Å². The van der Waals surface area contributed by atoms with E-state index in [2.05, 4.69) is 28.5 Å². The van der Waals surface area contributed by atoms with Crippen LogP contribution in [0.25, 0.3) is 0 Å². The van der Waals surface area contributed by atoms with Crippen molar-refractivity contribution in [3.05, 3.63) is 64.7 Å². The Labute approximate surface area is 152 Å². The number of aryl methyl sites for hydroxylation is 3. The molecular formula is C20H20N4O2. The number of hydrogen-bond acceptors (Lipinski definition) is 5. The number of amides is 2. The standard InChI is InChI=1S/C20H20N4O2/c1-12-5-8-16(9-6-12)24-19(25)17-18(20(24)26)23(22-21-17)11-15-10-13(2)4-7-14(15)3/h4-10,17-18H,11H2,1-3H3/t17-,18+/m1/s1. The highest BCUT2D eigenvalue weighted by Gasteiger charge is 2.54. The van der Waals surface area contributed by atoms with Crippen LogP contribution < -0.4 is 4.90 Å². The van der Waals surface area contributed by atoms with Crippen LogP contribution in [0, 0.1) is 20.8 Å². The first-order valence-electron chi connectivity index (χ1n) is 8.64. The molecule has 132 valence electrons. The first kappa shape index (κ1) is 16.4. The third-order valence-electron chi connectivity index (χ3n) is 4.99. The Balaban J connectivity index is 1.62. The monoisotopic (exact) mass is 348 g/mol. The van der Waals surface area contributed by atoms with E-state index in [0.717, 1.165) is 22.3 Å². The lowest BCUT2D eigenvalue weighted by molar-refractivity contribution is -0.123. The number of imide groups is 1. The number of benzene rings is 2. The highest BCUT2D eigenvalue weighted by molar-refractivity contribution is 6.25. The molecule has 26 heavy (non-hydrogen) atoms. The average Bonchev–Trinajstić information content (AvgIpc) is 3.13. The molecule has 2 aliphatic heterocycles. The summed E-state index contributed by atoms with van der Waals surface area (Å²) in [4.78, 5) is 26.9. The Bertz CT molecular complexity index is 920. The zero-order valence-electron chi connectivity index (χ0n) is 15.0. The third-order valence-corrected chi connectivity index (χ3v) is 4.99. The van der Waals surface area contributed by atoms with Crippen molar-refractivity contribution in [2.45, 2.75) is 39.4 Å². The molecule has 2 amide bonds. The molecule has 0 aromatic heterocycles. The lowest BCUT2D eigenvalue weighted by Crippen LogP contribution is -2.39. The van der Waals surface area contributed by atoms with E-state index in [1.54, 1.807) is 17.1 Å². The third kappa shape index (κ3) is 2.58. The van der Waals surface area contributed by atoms with Crippen molar-refractivity contribution in [3.63, 3.8) is 0 Å². The van der Waals surface area contributed by atoms with Crippen LogP contribution >= 0.6 is 0 Å². The van der Waals surface area contributed by atoms with Gasteiger partial charge in [0.05, 0.1) is 12.2 Å². The molecule has 0 unspecified atom stereocenters. The van der Waals surface area contributed by atoms with Crippen LogP contribution in [-0.2, 0) is 16.1 Å². The van der Waals surface area contributed by atoms with Crippen molar-refractivity contribution >= 4 is 17.5 Å². The smallest absolute Gasteiger partial charge is 0.263 e. The zero-order valence-corrected chi connectivity index (χ0v) is 15.0. The molecule has 2 heterocycles.